The molecule has 112 valence electrons. The van der Waals surface area contributed by atoms with Crippen LogP contribution >= 0.6 is 0 Å². The van der Waals surface area contributed by atoms with Gasteiger partial charge < -0.3 is 15.2 Å². The van der Waals surface area contributed by atoms with E-state index in [-0.39, 0.29) is 11.9 Å². The maximum Gasteiger partial charge on any atom is 0.132 e. The molecule has 2 aromatic carbocycles. The summed E-state index contributed by atoms with van der Waals surface area (Å²) in [6.45, 7) is 6.01. The molecule has 0 fully saturated rings. The molecular weight excluding hydrogens is 269 g/mol. The summed E-state index contributed by atoms with van der Waals surface area (Å²) in [5.74, 6) is 1.65. The number of halogens is 1. The molecule has 1 unspecified atom stereocenters. The van der Waals surface area contributed by atoms with Crippen molar-refractivity contribution in [1.82, 2.24) is 0 Å². The molecule has 0 heterocycles. The summed E-state index contributed by atoms with van der Waals surface area (Å²) < 4.78 is 25.0. The molecule has 0 spiro atoms. The smallest absolute Gasteiger partial charge is 0.132 e. The summed E-state index contributed by atoms with van der Waals surface area (Å²) in [4.78, 5) is 0. The van der Waals surface area contributed by atoms with Crippen LogP contribution in [0.3, 0.4) is 0 Å². The van der Waals surface area contributed by atoms with E-state index in [1.807, 2.05) is 25.1 Å². The normalized spacial score (nSPS) is 12.0. The first kappa shape index (κ1) is 15.3. The second-order valence-corrected chi connectivity index (χ2v) is 4.94. The highest BCUT2D eigenvalue weighted by molar-refractivity contribution is 5.44. The van der Waals surface area contributed by atoms with Gasteiger partial charge in [0.1, 0.15) is 23.1 Å². The molecule has 4 heteroatoms. The third-order valence-corrected chi connectivity index (χ3v) is 3.13. The average Bonchev–Trinajstić information content (AvgIpc) is 2.43. The van der Waals surface area contributed by atoms with Crippen molar-refractivity contribution >= 4 is 0 Å². The zero-order valence-corrected chi connectivity index (χ0v) is 12.5. The van der Waals surface area contributed by atoms with Crippen molar-refractivity contribution < 1.29 is 13.9 Å². The van der Waals surface area contributed by atoms with E-state index < -0.39 is 0 Å². The van der Waals surface area contributed by atoms with Gasteiger partial charge in [-0.05, 0) is 50.6 Å². The standard InChI is InChI=1S/C17H20FNO2/c1-4-20-13-6-5-7-14(9-13)21-17-8-11(2)16(18)10-15(17)12(3)19/h5-10,12H,4,19H2,1-3H3. The van der Waals surface area contributed by atoms with E-state index in [4.69, 9.17) is 15.2 Å². The summed E-state index contributed by atoms with van der Waals surface area (Å²) in [6.07, 6.45) is 0. The van der Waals surface area contributed by atoms with Crippen LogP contribution in [-0.4, -0.2) is 6.61 Å². The van der Waals surface area contributed by atoms with Gasteiger partial charge in [0.05, 0.1) is 6.61 Å². The van der Waals surface area contributed by atoms with E-state index in [1.165, 1.54) is 6.07 Å². The summed E-state index contributed by atoms with van der Waals surface area (Å²) in [6, 6.07) is 10.1. The number of hydrogen-bond acceptors (Lipinski definition) is 3. The molecule has 2 rings (SSSR count). The van der Waals surface area contributed by atoms with Crippen LogP contribution in [0, 0.1) is 12.7 Å². The van der Waals surface area contributed by atoms with Crippen molar-refractivity contribution in [2.75, 3.05) is 6.61 Å². The highest BCUT2D eigenvalue weighted by Crippen LogP contribution is 2.32. The van der Waals surface area contributed by atoms with E-state index in [9.17, 15) is 4.39 Å². The second-order valence-electron chi connectivity index (χ2n) is 4.94. The van der Waals surface area contributed by atoms with Gasteiger partial charge in [0.25, 0.3) is 0 Å². The van der Waals surface area contributed by atoms with Crippen molar-refractivity contribution in [3.63, 3.8) is 0 Å². The summed E-state index contributed by atoms with van der Waals surface area (Å²) >= 11 is 0. The Hall–Kier alpha value is -2.07. The fourth-order valence-corrected chi connectivity index (χ4v) is 2.04. The lowest BCUT2D eigenvalue weighted by Crippen LogP contribution is -2.08. The monoisotopic (exact) mass is 289 g/mol. The Bertz CT molecular complexity index is 626. The quantitative estimate of drug-likeness (QED) is 0.890. The first-order valence-corrected chi connectivity index (χ1v) is 6.97. The molecule has 0 saturated heterocycles. The second kappa shape index (κ2) is 6.59. The lowest BCUT2D eigenvalue weighted by Gasteiger charge is -2.15. The van der Waals surface area contributed by atoms with E-state index in [1.54, 1.807) is 26.0 Å². The molecule has 2 N–H and O–H groups in total. The predicted molar refractivity (Wildman–Crippen MR) is 81.4 cm³/mol. The van der Waals surface area contributed by atoms with Gasteiger partial charge in [-0.3, -0.25) is 0 Å². The van der Waals surface area contributed by atoms with Crippen LogP contribution in [-0.2, 0) is 0 Å². The van der Waals surface area contributed by atoms with E-state index in [0.717, 1.165) is 5.75 Å². The number of rotatable bonds is 5. The first-order chi connectivity index (χ1) is 10.0. The largest absolute Gasteiger partial charge is 0.494 e. The molecule has 0 aliphatic heterocycles. The lowest BCUT2D eigenvalue weighted by atomic mass is 10.1. The number of hydrogen-bond donors (Lipinski definition) is 1. The van der Waals surface area contributed by atoms with Crippen LogP contribution in [0.5, 0.6) is 17.2 Å². The molecule has 0 amide bonds. The van der Waals surface area contributed by atoms with Gasteiger partial charge in [-0.2, -0.15) is 0 Å². The lowest BCUT2D eigenvalue weighted by molar-refractivity contribution is 0.338. The average molecular weight is 289 g/mol. The van der Waals surface area contributed by atoms with Gasteiger partial charge in [-0.25, -0.2) is 4.39 Å². The number of ether oxygens (including phenoxy) is 2. The minimum atomic E-state index is -0.315. The molecule has 2 aromatic rings. The molecule has 0 aliphatic carbocycles. The SMILES string of the molecule is CCOc1cccc(Oc2cc(C)c(F)cc2C(C)N)c1. The zero-order chi connectivity index (χ0) is 15.4. The molecule has 0 aromatic heterocycles. The maximum absolute atomic E-state index is 13.7. The highest BCUT2D eigenvalue weighted by Gasteiger charge is 2.13. The topological polar surface area (TPSA) is 44.5 Å². The number of aryl methyl sites for hydroxylation is 1. The minimum Gasteiger partial charge on any atom is -0.494 e. The Balaban J connectivity index is 2.34. The third kappa shape index (κ3) is 3.73. The van der Waals surface area contributed by atoms with Crippen LogP contribution < -0.4 is 15.2 Å². The van der Waals surface area contributed by atoms with Gasteiger partial charge >= 0.3 is 0 Å². The van der Waals surface area contributed by atoms with Gasteiger partial charge in [0.2, 0.25) is 0 Å². The van der Waals surface area contributed by atoms with Crippen molar-refractivity contribution in [2.45, 2.75) is 26.8 Å². The Morgan fingerprint density at radius 2 is 1.90 bits per heavy atom. The van der Waals surface area contributed by atoms with E-state index in [0.29, 0.717) is 29.2 Å². The van der Waals surface area contributed by atoms with Crippen LogP contribution in [0.4, 0.5) is 4.39 Å². The molecule has 0 bridgehead atoms. The van der Waals surface area contributed by atoms with Gasteiger partial charge in [0, 0.05) is 17.7 Å². The summed E-state index contributed by atoms with van der Waals surface area (Å²) in [5.41, 5.74) is 7.06. The molecule has 21 heavy (non-hydrogen) atoms. The molecule has 0 aliphatic rings. The fraction of sp³-hybridized carbons (Fsp3) is 0.294. The van der Waals surface area contributed by atoms with Gasteiger partial charge in [0.15, 0.2) is 0 Å². The van der Waals surface area contributed by atoms with Crippen molar-refractivity contribution in [1.29, 1.82) is 0 Å². The van der Waals surface area contributed by atoms with Gasteiger partial charge in [-0.1, -0.05) is 6.07 Å². The zero-order valence-electron chi connectivity index (χ0n) is 12.5. The van der Waals surface area contributed by atoms with Crippen molar-refractivity contribution in [3.8, 4) is 17.2 Å². The van der Waals surface area contributed by atoms with Crippen molar-refractivity contribution in [3.05, 3.63) is 53.3 Å². The van der Waals surface area contributed by atoms with E-state index >= 15 is 0 Å². The fourth-order valence-electron chi connectivity index (χ4n) is 2.04. The summed E-state index contributed by atoms with van der Waals surface area (Å²) in [5, 5.41) is 0. The van der Waals surface area contributed by atoms with Crippen LogP contribution in [0.2, 0.25) is 0 Å². The predicted octanol–water partition coefficient (Wildman–Crippen LogP) is 4.34. The molecule has 3 nitrogen and oxygen atoms in total. The Morgan fingerprint density at radius 3 is 2.57 bits per heavy atom. The van der Waals surface area contributed by atoms with E-state index in [2.05, 4.69) is 0 Å². The first-order valence-electron chi connectivity index (χ1n) is 6.97. The summed E-state index contributed by atoms with van der Waals surface area (Å²) in [7, 11) is 0. The maximum atomic E-state index is 13.7. The minimum absolute atomic E-state index is 0.280. The molecule has 0 saturated carbocycles. The Labute approximate surface area is 124 Å². The molecular formula is C17H20FNO2. The number of nitrogens with two attached hydrogens (primary N) is 1. The number of benzene rings is 2. The van der Waals surface area contributed by atoms with Crippen LogP contribution in [0.25, 0.3) is 0 Å². The Morgan fingerprint density at radius 1 is 1.19 bits per heavy atom. The Kier molecular flexibility index (Phi) is 4.81. The molecule has 1 atom stereocenters. The highest BCUT2D eigenvalue weighted by atomic mass is 19.1. The van der Waals surface area contributed by atoms with Gasteiger partial charge in [-0.15, -0.1) is 0 Å². The van der Waals surface area contributed by atoms with Crippen LogP contribution in [0.1, 0.15) is 31.0 Å². The van der Waals surface area contributed by atoms with Crippen LogP contribution in [0.15, 0.2) is 36.4 Å². The molecule has 0 radical (unpaired) electrons. The van der Waals surface area contributed by atoms with Crippen molar-refractivity contribution in [2.24, 2.45) is 5.73 Å². The third-order valence-electron chi connectivity index (χ3n) is 3.13.